The van der Waals surface area contributed by atoms with Gasteiger partial charge in [-0.2, -0.15) is 5.10 Å². The molecule has 21 heavy (non-hydrogen) atoms. The highest BCUT2D eigenvalue weighted by Crippen LogP contribution is 2.12. The number of hydrogen-bond acceptors (Lipinski definition) is 4. The Balaban J connectivity index is 1.96. The minimum Gasteiger partial charge on any atom is -0.379 e. The van der Waals surface area contributed by atoms with Crippen LogP contribution in [0.2, 0.25) is 0 Å². The lowest BCUT2D eigenvalue weighted by atomic mass is 10.2. The van der Waals surface area contributed by atoms with Crippen molar-refractivity contribution < 1.29 is 8.42 Å². The smallest absolute Gasteiger partial charge is 0.213 e. The SMILES string of the molecule is CCCn1nccc1CNc1ccc(CS(N)(=O)=O)cc1. The molecule has 0 bridgehead atoms. The molecule has 0 fully saturated rings. The van der Waals surface area contributed by atoms with Gasteiger partial charge in [-0.3, -0.25) is 4.68 Å². The lowest BCUT2D eigenvalue weighted by Crippen LogP contribution is -2.14. The minimum absolute atomic E-state index is 0.142. The molecule has 0 radical (unpaired) electrons. The highest BCUT2D eigenvalue weighted by atomic mass is 32.2. The summed E-state index contributed by atoms with van der Waals surface area (Å²) in [4.78, 5) is 0. The van der Waals surface area contributed by atoms with Gasteiger partial charge < -0.3 is 5.32 Å². The van der Waals surface area contributed by atoms with Crippen LogP contribution >= 0.6 is 0 Å². The maximum absolute atomic E-state index is 11.0. The van der Waals surface area contributed by atoms with Crippen LogP contribution in [0.15, 0.2) is 36.5 Å². The van der Waals surface area contributed by atoms with Crippen LogP contribution < -0.4 is 10.5 Å². The Kier molecular flexibility index (Phi) is 4.98. The molecule has 7 heteroatoms. The van der Waals surface area contributed by atoms with E-state index in [1.807, 2.05) is 22.9 Å². The molecule has 0 amide bonds. The van der Waals surface area contributed by atoms with Crippen molar-refractivity contribution in [1.29, 1.82) is 0 Å². The van der Waals surface area contributed by atoms with Crippen LogP contribution in [-0.2, 0) is 28.9 Å². The van der Waals surface area contributed by atoms with Gasteiger partial charge in [-0.1, -0.05) is 19.1 Å². The molecule has 0 unspecified atom stereocenters. The number of primary sulfonamides is 1. The second-order valence-corrected chi connectivity index (χ2v) is 6.52. The molecule has 0 atom stereocenters. The molecule has 6 nitrogen and oxygen atoms in total. The molecule has 2 aromatic rings. The third-order valence-corrected chi connectivity index (χ3v) is 3.77. The molecule has 1 aromatic heterocycles. The molecule has 1 aromatic carbocycles. The zero-order valence-electron chi connectivity index (χ0n) is 12.0. The molecule has 0 saturated heterocycles. The zero-order chi connectivity index (χ0) is 15.3. The number of anilines is 1. The number of aryl methyl sites for hydroxylation is 1. The third kappa shape index (κ3) is 4.87. The van der Waals surface area contributed by atoms with Crippen molar-refractivity contribution in [2.75, 3.05) is 5.32 Å². The highest BCUT2D eigenvalue weighted by Gasteiger charge is 2.05. The summed E-state index contributed by atoms with van der Waals surface area (Å²) >= 11 is 0. The van der Waals surface area contributed by atoms with E-state index in [9.17, 15) is 8.42 Å². The predicted octanol–water partition coefficient (Wildman–Crippen LogP) is 1.69. The normalized spacial score (nSPS) is 11.5. The van der Waals surface area contributed by atoms with Crippen LogP contribution in [-0.4, -0.2) is 18.2 Å². The topological polar surface area (TPSA) is 90.0 Å². The van der Waals surface area contributed by atoms with E-state index in [1.165, 1.54) is 0 Å². The summed E-state index contributed by atoms with van der Waals surface area (Å²) in [6.07, 6.45) is 2.83. The van der Waals surface area contributed by atoms with E-state index in [0.29, 0.717) is 12.1 Å². The number of aromatic nitrogens is 2. The van der Waals surface area contributed by atoms with E-state index in [0.717, 1.165) is 24.3 Å². The summed E-state index contributed by atoms with van der Waals surface area (Å²) in [5, 5.41) is 12.6. The number of rotatable bonds is 7. The van der Waals surface area contributed by atoms with Crippen molar-refractivity contribution in [3.63, 3.8) is 0 Å². The first kappa shape index (κ1) is 15.5. The monoisotopic (exact) mass is 308 g/mol. The average molecular weight is 308 g/mol. The number of hydrogen-bond donors (Lipinski definition) is 2. The van der Waals surface area contributed by atoms with Crippen LogP contribution in [0.5, 0.6) is 0 Å². The summed E-state index contributed by atoms with van der Waals surface area (Å²) in [5.74, 6) is -0.142. The summed E-state index contributed by atoms with van der Waals surface area (Å²) < 4.78 is 24.0. The molecule has 0 aliphatic heterocycles. The number of nitrogens with two attached hydrogens (primary N) is 1. The maximum atomic E-state index is 11.0. The number of sulfonamides is 1. The Morgan fingerprint density at radius 3 is 2.57 bits per heavy atom. The van der Waals surface area contributed by atoms with Gasteiger partial charge in [0.1, 0.15) is 0 Å². The first-order valence-electron chi connectivity index (χ1n) is 6.82. The van der Waals surface area contributed by atoms with Gasteiger partial charge in [-0.25, -0.2) is 13.6 Å². The fourth-order valence-electron chi connectivity index (χ4n) is 2.07. The van der Waals surface area contributed by atoms with Crippen molar-refractivity contribution in [2.24, 2.45) is 5.14 Å². The van der Waals surface area contributed by atoms with Crippen molar-refractivity contribution >= 4 is 15.7 Å². The largest absolute Gasteiger partial charge is 0.379 e. The second kappa shape index (κ2) is 6.73. The number of benzene rings is 1. The van der Waals surface area contributed by atoms with Crippen LogP contribution in [0.1, 0.15) is 24.6 Å². The highest BCUT2D eigenvalue weighted by molar-refractivity contribution is 7.88. The fourth-order valence-corrected chi connectivity index (χ4v) is 2.72. The first-order chi connectivity index (χ1) is 9.98. The van der Waals surface area contributed by atoms with Crippen LogP contribution in [0, 0.1) is 0 Å². The molecule has 0 aliphatic rings. The molecule has 0 aliphatic carbocycles. The molecule has 2 rings (SSSR count). The average Bonchev–Trinajstić information content (AvgIpc) is 2.84. The maximum Gasteiger partial charge on any atom is 0.213 e. The van der Waals surface area contributed by atoms with Crippen LogP contribution in [0.3, 0.4) is 0 Å². The van der Waals surface area contributed by atoms with Crippen molar-refractivity contribution in [2.45, 2.75) is 32.2 Å². The Morgan fingerprint density at radius 2 is 1.95 bits per heavy atom. The molecular formula is C14H20N4O2S. The van der Waals surface area contributed by atoms with E-state index in [1.54, 1.807) is 18.3 Å². The third-order valence-electron chi connectivity index (χ3n) is 3.04. The van der Waals surface area contributed by atoms with Crippen molar-refractivity contribution in [1.82, 2.24) is 9.78 Å². The lowest BCUT2D eigenvalue weighted by Gasteiger charge is -2.09. The van der Waals surface area contributed by atoms with Crippen LogP contribution in [0.25, 0.3) is 0 Å². The number of nitrogens with one attached hydrogen (secondary N) is 1. The fraction of sp³-hybridized carbons (Fsp3) is 0.357. The van der Waals surface area contributed by atoms with Gasteiger partial charge in [0.05, 0.1) is 18.0 Å². The molecule has 114 valence electrons. The van der Waals surface area contributed by atoms with Gasteiger partial charge in [0.15, 0.2) is 0 Å². The van der Waals surface area contributed by atoms with Gasteiger partial charge in [0.2, 0.25) is 10.0 Å². The Hall–Kier alpha value is -1.86. The van der Waals surface area contributed by atoms with E-state index in [2.05, 4.69) is 17.3 Å². The summed E-state index contributed by atoms with van der Waals surface area (Å²) in [6.45, 7) is 3.69. The molecule has 0 saturated carbocycles. The quantitative estimate of drug-likeness (QED) is 0.814. The van der Waals surface area contributed by atoms with E-state index < -0.39 is 10.0 Å². The van der Waals surface area contributed by atoms with E-state index >= 15 is 0 Å². The number of nitrogens with zero attached hydrogens (tertiary/aromatic N) is 2. The Morgan fingerprint density at radius 1 is 1.24 bits per heavy atom. The zero-order valence-corrected chi connectivity index (χ0v) is 12.8. The van der Waals surface area contributed by atoms with E-state index in [4.69, 9.17) is 5.14 Å². The second-order valence-electron chi connectivity index (χ2n) is 4.90. The van der Waals surface area contributed by atoms with Gasteiger partial charge in [0.25, 0.3) is 0 Å². The summed E-state index contributed by atoms with van der Waals surface area (Å²) in [5.41, 5.74) is 2.72. The standard InChI is InChI=1S/C14H20N4O2S/c1-2-9-18-14(7-8-17-18)10-16-13-5-3-12(4-6-13)11-21(15,19)20/h3-8,16H,2,9-11H2,1H3,(H2,15,19,20). The Labute approximate surface area is 125 Å². The molecule has 3 N–H and O–H groups in total. The van der Waals surface area contributed by atoms with Crippen molar-refractivity contribution in [3.8, 4) is 0 Å². The van der Waals surface area contributed by atoms with Crippen LogP contribution in [0.4, 0.5) is 5.69 Å². The van der Waals surface area contributed by atoms with Crippen molar-refractivity contribution in [3.05, 3.63) is 47.8 Å². The first-order valence-corrected chi connectivity index (χ1v) is 8.53. The molecule has 1 heterocycles. The molecular weight excluding hydrogens is 288 g/mol. The Bertz CT molecular complexity index is 677. The van der Waals surface area contributed by atoms with Gasteiger partial charge in [-0.15, -0.1) is 0 Å². The summed E-state index contributed by atoms with van der Waals surface area (Å²) in [6, 6.07) is 9.20. The van der Waals surface area contributed by atoms with Gasteiger partial charge >= 0.3 is 0 Å². The lowest BCUT2D eigenvalue weighted by molar-refractivity contribution is 0.578. The van der Waals surface area contributed by atoms with Gasteiger partial charge in [0, 0.05) is 18.4 Å². The minimum atomic E-state index is -3.48. The molecule has 0 spiro atoms. The van der Waals surface area contributed by atoms with Gasteiger partial charge in [-0.05, 0) is 30.2 Å². The predicted molar refractivity (Wildman–Crippen MR) is 83.1 cm³/mol. The summed E-state index contributed by atoms with van der Waals surface area (Å²) in [7, 11) is -3.48. The van der Waals surface area contributed by atoms with E-state index in [-0.39, 0.29) is 5.75 Å².